The van der Waals surface area contributed by atoms with E-state index in [-0.39, 0.29) is 15.8 Å². The zero-order valence-corrected chi connectivity index (χ0v) is 12.5. The minimum atomic E-state index is -3.35. The van der Waals surface area contributed by atoms with Gasteiger partial charge in [-0.2, -0.15) is 8.78 Å². The molecule has 0 aliphatic carbocycles. The summed E-state index contributed by atoms with van der Waals surface area (Å²) in [7, 11) is 0. The quantitative estimate of drug-likeness (QED) is 0.867. The maximum Gasteiger partial charge on any atom is 0.329 e. The van der Waals surface area contributed by atoms with E-state index in [0.29, 0.717) is 25.4 Å². The SMILES string of the molecule is O=C(O)COCC(F)(F)c1cc2c(cc1Br)OCCCO2. The fourth-order valence-corrected chi connectivity index (χ4v) is 2.42. The van der Waals surface area contributed by atoms with Crippen molar-refractivity contribution in [3.05, 3.63) is 22.2 Å². The summed E-state index contributed by atoms with van der Waals surface area (Å²) in [4.78, 5) is 10.3. The molecule has 1 N–H and O–H groups in total. The Balaban J connectivity index is 2.21. The molecular formula is C13H13BrF2O5. The van der Waals surface area contributed by atoms with Crippen molar-refractivity contribution in [2.45, 2.75) is 12.3 Å². The molecule has 0 fully saturated rings. The van der Waals surface area contributed by atoms with Crippen LogP contribution >= 0.6 is 15.9 Å². The Labute approximate surface area is 127 Å². The van der Waals surface area contributed by atoms with E-state index >= 15 is 0 Å². The van der Waals surface area contributed by atoms with E-state index in [0.717, 1.165) is 0 Å². The van der Waals surface area contributed by atoms with Crippen LogP contribution in [0.5, 0.6) is 11.5 Å². The molecule has 5 nitrogen and oxygen atoms in total. The van der Waals surface area contributed by atoms with Gasteiger partial charge >= 0.3 is 5.97 Å². The van der Waals surface area contributed by atoms with Crippen molar-refractivity contribution in [2.24, 2.45) is 0 Å². The van der Waals surface area contributed by atoms with Gasteiger partial charge in [0.2, 0.25) is 0 Å². The number of carbonyl (C=O) groups is 1. The highest BCUT2D eigenvalue weighted by atomic mass is 79.9. The van der Waals surface area contributed by atoms with Crippen LogP contribution in [0.3, 0.4) is 0 Å². The second kappa shape index (κ2) is 6.57. The van der Waals surface area contributed by atoms with Crippen molar-refractivity contribution in [2.75, 3.05) is 26.4 Å². The van der Waals surface area contributed by atoms with Crippen molar-refractivity contribution >= 4 is 21.9 Å². The predicted octanol–water partition coefficient (Wildman–Crippen LogP) is 2.80. The lowest BCUT2D eigenvalue weighted by Crippen LogP contribution is -2.24. The first-order valence-electron chi connectivity index (χ1n) is 6.17. The van der Waals surface area contributed by atoms with E-state index < -0.39 is 25.1 Å². The first-order valence-corrected chi connectivity index (χ1v) is 6.96. The molecule has 0 aromatic heterocycles. The summed E-state index contributed by atoms with van der Waals surface area (Å²) >= 11 is 3.07. The summed E-state index contributed by atoms with van der Waals surface area (Å²) in [5.41, 5.74) is -0.336. The molecule has 1 aliphatic heterocycles. The molecule has 0 atom stereocenters. The molecule has 0 radical (unpaired) electrons. The van der Waals surface area contributed by atoms with Gasteiger partial charge in [0.05, 0.1) is 13.2 Å². The molecule has 21 heavy (non-hydrogen) atoms. The molecule has 8 heteroatoms. The predicted molar refractivity (Wildman–Crippen MR) is 72.1 cm³/mol. The van der Waals surface area contributed by atoms with Crippen LogP contribution in [0.2, 0.25) is 0 Å². The number of alkyl halides is 2. The van der Waals surface area contributed by atoms with Gasteiger partial charge in [-0.15, -0.1) is 0 Å². The van der Waals surface area contributed by atoms with E-state index in [4.69, 9.17) is 14.6 Å². The lowest BCUT2D eigenvalue weighted by Gasteiger charge is -2.19. The Morgan fingerprint density at radius 3 is 2.57 bits per heavy atom. The van der Waals surface area contributed by atoms with Gasteiger partial charge in [0.25, 0.3) is 5.92 Å². The summed E-state index contributed by atoms with van der Waals surface area (Å²) in [6.45, 7) is -0.971. The van der Waals surface area contributed by atoms with Crippen molar-refractivity contribution in [3.63, 3.8) is 0 Å². The Morgan fingerprint density at radius 1 is 1.33 bits per heavy atom. The average Bonchev–Trinajstić information content (AvgIpc) is 2.61. The normalized spacial score (nSPS) is 14.6. The number of hydrogen-bond acceptors (Lipinski definition) is 4. The van der Waals surface area contributed by atoms with Crippen molar-refractivity contribution < 1.29 is 32.9 Å². The molecule has 1 aliphatic rings. The van der Waals surface area contributed by atoms with Gasteiger partial charge in [-0.1, -0.05) is 15.9 Å². The Bertz CT molecular complexity index is 536. The highest BCUT2D eigenvalue weighted by Gasteiger charge is 2.36. The van der Waals surface area contributed by atoms with Gasteiger partial charge in [0.1, 0.15) is 13.2 Å². The molecule has 0 saturated heterocycles. The monoisotopic (exact) mass is 366 g/mol. The summed E-state index contributed by atoms with van der Waals surface area (Å²) in [6.07, 6.45) is 0.666. The lowest BCUT2D eigenvalue weighted by atomic mass is 10.1. The molecule has 1 aromatic carbocycles. The first kappa shape index (κ1) is 16.0. The highest BCUT2D eigenvalue weighted by Crippen LogP contribution is 2.41. The molecule has 0 bridgehead atoms. The molecule has 0 saturated carbocycles. The van der Waals surface area contributed by atoms with Gasteiger partial charge in [-0.05, 0) is 12.1 Å². The van der Waals surface area contributed by atoms with Gasteiger partial charge in [-0.3, -0.25) is 0 Å². The number of hydrogen-bond donors (Lipinski definition) is 1. The zero-order chi connectivity index (χ0) is 15.5. The van der Waals surface area contributed by atoms with Gasteiger partial charge in [-0.25, -0.2) is 4.79 Å². The highest BCUT2D eigenvalue weighted by molar-refractivity contribution is 9.10. The standard InChI is InChI=1S/C13H13BrF2O5/c14-9-5-11-10(20-2-1-3-21-11)4-8(9)13(15,16)7-19-6-12(17)18/h4-5H,1-3,6-7H2,(H,17,18). The van der Waals surface area contributed by atoms with Gasteiger partial charge in [0.15, 0.2) is 11.5 Å². The Hall–Kier alpha value is -1.41. The molecular weight excluding hydrogens is 354 g/mol. The minimum absolute atomic E-state index is 0.149. The molecule has 1 aromatic rings. The third kappa shape index (κ3) is 4.04. The van der Waals surface area contributed by atoms with E-state index in [9.17, 15) is 13.6 Å². The molecule has 1 heterocycles. The Kier molecular flexibility index (Phi) is 5.00. The second-order valence-electron chi connectivity index (χ2n) is 4.42. The lowest BCUT2D eigenvalue weighted by molar-refractivity contribution is -0.147. The third-order valence-corrected chi connectivity index (χ3v) is 3.40. The van der Waals surface area contributed by atoms with Crippen LogP contribution in [0.25, 0.3) is 0 Å². The van der Waals surface area contributed by atoms with Crippen LogP contribution < -0.4 is 9.47 Å². The first-order chi connectivity index (χ1) is 9.90. The topological polar surface area (TPSA) is 65.0 Å². The van der Waals surface area contributed by atoms with Crippen LogP contribution in [0, 0.1) is 0 Å². The number of carboxylic acid groups (broad SMARTS) is 1. The van der Waals surface area contributed by atoms with E-state index in [1.54, 1.807) is 0 Å². The number of fused-ring (bicyclic) bond motifs is 1. The van der Waals surface area contributed by atoms with Crippen molar-refractivity contribution in [1.29, 1.82) is 0 Å². The van der Waals surface area contributed by atoms with E-state index in [2.05, 4.69) is 20.7 Å². The number of ether oxygens (including phenoxy) is 3. The zero-order valence-electron chi connectivity index (χ0n) is 10.9. The summed E-state index contributed by atoms with van der Waals surface area (Å²) in [6, 6.07) is 2.61. The molecule has 2 rings (SSSR count). The number of carboxylic acids is 1. The number of halogens is 3. The van der Waals surface area contributed by atoms with Crippen LogP contribution in [-0.4, -0.2) is 37.5 Å². The van der Waals surface area contributed by atoms with Crippen LogP contribution in [0.15, 0.2) is 16.6 Å². The van der Waals surface area contributed by atoms with Crippen molar-refractivity contribution in [1.82, 2.24) is 0 Å². The maximum absolute atomic E-state index is 14.1. The van der Waals surface area contributed by atoms with Gasteiger partial charge < -0.3 is 19.3 Å². The summed E-state index contributed by atoms with van der Waals surface area (Å²) < 4.78 is 43.6. The van der Waals surface area contributed by atoms with Gasteiger partial charge in [0, 0.05) is 16.5 Å². The minimum Gasteiger partial charge on any atom is -0.490 e. The van der Waals surface area contributed by atoms with Crippen LogP contribution in [-0.2, 0) is 15.5 Å². The van der Waals surface area contributed by atoms with Crippen molar-refractivity contribution in [3.8, 4) is 11.5 Å². The molecule has 0 spiro atoms. The fourth-order valence-electron chi connectivity index (χ4n) is 1.81. The molecule has 0 amide bonds. The molecule has 116 valence electrons. The summed E-state index contributed by atoms with van der Waals surface area (Å²) in [5.74, 6) is -4.02. The van der Waals surface area contributed by atoms with Crippen LogP contribution in [0.4, 0.5) is 8.78 Å². The second-order valence-corrected chi connectivity index (χ2v) is 5.27. The van der Waals surface area contributed by atoms with E-state index in [1.807, 2.05) is 0 Å². The number of rotatable bonds is 5. The smallest absolute Gasteiger partial charge is 0.329 e. The third-order valence-electron chi connectivity index (χ3n) is 2.74. The van der Waals surface area contributed by atoms with E-state index in [1.165, 1.54) is 12.1 Å². The number of benzene rings is 1. The number of aliphatic carboxylic acids is 1. The van der Waals surface area contributed by atoms with Crippen LogP contribution in [0.1, 0.15) is 12.0 Å². The molecule has 0 unspecified atom stereocenters. The largest absolute Gasteiger partial charge is 0.490 e. The summed E-state index contributed by atoms with van der Waals surface area (Å²) in [5, 5.41) is 8.41. The average molecular weight is 367 g/mol. The maximum atomic E-state index is 14.1. The Morgan fingerprint density at radius 2 is 1.95 bits per heavy atom. The fraction of sp³-hybridized carbons (Fsp3) is 0.462.